The van der Waals surface area contributed by atoms with E-state index >= 15 is 4.39 Å². The summed E-state index contributed by atoms with van der Waals surface area (Å²) in [5, 5.41) is 11.5. The van der Waals surface area contributed by atoms with Gasteiger partial charge in [-0.25, -0.2) is 27.6 Å². The molecule has 2 N–H and O–H groups in total. The topological polar surface area (TPSA) is 126 Å². The first kappa shape index (κ1) is 26.7. The second-order valence-corrected chi connectivity index (χ2v) is 9.70. The average molecular weight is 560 g/mol. The largest absolute Gasteiger partial charge is 0.438 e. The third-order valence-electron chi connectivity index (χ3n) is 6.99. The maximum absolute atomic E-state index is 15.4. The minimum Gasteiger partial charge on any atom is -0.438 e. The van der Waals surface area contributed by atoms with Crippen molar-refractivity contribution in [2.24, 2.45) is 5.92 Å². The zero-order chi connectivity index (χ0) is 28.1. The van der Waals surface area contributed by atoms with E-state index in [4.69, 9.17) is 4.42 Å². The number of nitrogens with one attached hydrogen (secondary N) is 2. The van der Waals surface area contributed by atoms with Crippen LogP contribution >= 0.6 is 0 Å². The van der Waals surface area contributed by atoms with Crippen LogP contribution in [0.5, 0.6) is 0 Å². The Bertz CT molecular complexity index is 1400. The van der Waals surface area contributed by atoms with Gasteiger partial charge >= 0.3 is 12.2 Å². The number of fused-ring (bicyclic) bond motifs is 1. The van der Waals surface area contributed by atoms with E-state index in [1.165, 1.54) is 19.1 Å². The molecule has 2 atom stereocenters. The van der Waals surface area contributed by atoms with E-state index in [1.54, 1.807) is 0 Å². The molecule has 2 fully saturated rings. The first-order chi connectivity index (χ1) is 18.3. The van der Waals surface area contributed by atoms with Gasteiger partial charge in [0, 0.05) is 18.4 Å². The number of alkyl halides is 5. The third-order valence-corrected chi connectivity index (χ3v) is 6.99. The highest BCUT2D eigenvalue weighted by molar-refractivity contribution is 5.93. The van der Waals surface area contributed by atoms with E-state index in [-0.39, 0.29) is 46.8 Å². The number of amides is 3. The van der Waals surface area contributed by atoms with Crippen molar-refractivity contribution in [2.75, 3.05) is 6.54 Å². The lowest BCUT2D eigenvalue weighted by Gasteiger charge is -2.32. The molecule has 2 aliphatic rings. The second-order valence-electron chi connectivity index (χ2n) is 9.70. The van der Waals surface area contributed by atoms with Gasteiger partial charge in [0.2, 0.25) is 11.8 Å². The summed E-state index contributed by atoms with van der Waals surface area (Å²) >= 11 is 0. The van der Waals surface area contributed by atoms with Crippen LogP contribution in [0.4, 0.5) is 31.1 Å². The highest BCUT2D eigenvalue weighted by Gasteiger charge is 2.47. The Morgan fingerprint density at radius 1 is 1.26 bits per heavy atom. The number of aryl methyl sites for hydroxylation is 1. The summed E-state index contributed by atoms with van der Waals surface area (Å²) in [7, 11) is 0. The van der Waals surface area contributed by atoms with Crippen molar-refractivity contribution < 1.29 is 45.0 Å². The Morgan fingerprint density at radius 2 is 1.97 bits per heavy atom. The number of benzene rings is 1. The number of urea groups is 1. The Labute approximate surface area is 216 Å². The molecule has 1 saturated heterocycles. The minimum atomic E-state index is -4.66. The fourth-order valence-electron chi connectivity index (χ4n) is 4.82. The lowest BCUT2D eigenvalue weighted by atomic mass is 9.82. The van der Waals surface area contributed by atoms with Crippen molar-refractivity contribution in [3.63, 3.8) is 0 Å². The quantitative estimate of drug-likeness (QED) is 0.428. The van der Waals surface area contributed by atoms with Gasteiger partial charge in [0.1, 0.15) is 23.3 Å². The van der Waals surface area contributed by atoms with Gasteiger partial charge in [0.25, 0.3) is 5.91 Å². The molecule has 5 rings (SSSR count). The Kier molecular flexibility index (Phi) is 6.66. The van der Waals surface area contributed by atoms with Gasteiger partial charge in [0.15, 0.2) is 17.1 Å². The van der Waals surface area contributed by atoms with Crippen molar-refractivity contribution in [3.05, 3.63) is 40.8 Å². The molecule has 0 radical (unpaired) electrons. The molecule has 10 nitrogen and oxygen atoms in total. The summed E-state index contributed by atoms with van der Waals surface area (Å²) in [4.78, 5) is 29.9. The second kappa shape index (κ2) is 9.72. The standard InChI is InChI=1S/C23H22F6N6O4/c1-10-16(34-39-33-10)19(36)31-17(11-4-6-22(25,26)7-5-11)20-32-18-13(38-20)3-2-12(15(18)24)8-35-9-14(23(27,28)29)30-21(35)37/h2-3,11,14,17H,4-9H2,1H3,(H,30,37)(H,31,36). The molecule has 3 heterocycles. The normalized spacial score (nSPS) is 20.8. The molecule has 1 saturated carbocycles. The number of hydrogen-bond acceptors (Lipinski definition) is 7. The van der Waals surface area contributed by atoms with Crippen LogP contribution in [0, 0.1) is 18.7 Å². The molecule has 3 amide bonds. The Balaban J connectivity index is 1.43. The molecule has 39 heavy (non-hydrogen) atoms. The number of carbonyl (C=O) groups is 2. The third kappa shape index (κ3) is 5.36. The Hall–Kier alpha value is -3.85. The molecule has 3 aromatic rings. The summed E-state index contributed by atoms with van der Waals surface area (Å²) < 4.78 is 92.3. The van der Waals surface area contributed by atoms with E-state index in [1.807, 2.05) is 5.32 Å². The lowest BCUT2D eigenvalue weighted by Crippen LogP contribution is -2.40. The lowest BCUT2D eigenvalue weighted by molar-refractivity contribution is -0.149. The van der Waals surface area contributed by atoms with Gasteiger partial charge in [-0.05, 0) is 36.9 Å². The zero-order valence-electron chi connectivity index (χ0n) is 20.3. The van der Waals surface area contributed by atoms with Crippen LogP contribution in [-0.4, -0.2) is 56.8 Å². The number of nitrogens with zero attached hydrogens (tertiary/aromatic N) is 4. The number of aromatic nitrogens is 3. The highest BCUT2D eigenvalue weighted by atomic mass is 19.4. The molecule has 0 spiro atoms. The number of hydrogen-bond donors (Lipinski definition) is 2. The predicted molar refractivity (Wildman–Crippen MR) is 119 cm³/mol. The molecule has 2 unspecified atom stereocenters. The van der Waals surface area contributed by atoms with Crippen molar-refractivity contribution >= 4 is 23.0 Å². The predicted octanol–water partition coefficient (Wildman–Crippen LogP) is 4.41. The fourth-order valence-corrected chi connectivity index (χ4v) is 4.82. The van der Waals surface area contributed by atoms with Gasteiger partial charge in [-0.15, -0.1) is 0 Å². The monoisotopic (exact) mass is 560 g/mol. The van der Waals surface area contributed by atoms with Crippen molar-refractivity contribution in [1.29, 1.82) is 0 Å². The van der Waals surface area contributed by atoms with Crippen LogP contribution in [0.2, 0.25) is 0 Å². The summed E-state index contributed by atoms with van der Waals surface area (Å²) in [6.45, 7) is 0.328. The summed E-state index contributed by atoms with van der Waals surface area (Å²) in [5.74, 6) is -5.18. The molecule has 210 valence electrons. The van der Waals surface area contributed by atoms with E-state index in [2.05, 4.69) is 25.2 Å². The summed E-state index contributed by atoms with van der Waals surface area (Å²) in [5.41, 5.74) is -0.373. The van der Waals surface area contributed by atoms with Crippen molar-refractivity contribution in [2.45, 2.75) is 63.3 Å². The number of halogens is 6. The first-order valence-electron chi connectivity index (χ1n) is 12.0. The van der Waals surface area contributed by atoms with Gasteiger partial charge in [-0.2, -0.15) is 13.2 Å². The zero-order valence-corrected chi connectivity index (χ0v) is 20.3. The van der Waals surface area contributed by atoms with E-state index < -0.39 is 73.8 Å². The Morgan fingerprint density at radius 3 is 2.59 bits per heavy atom. The van der Waals surface area contributed by atoms with Gasteiger partial charge in [-0.1, -0.05) is 11.2 Å². The van der Waals surface area contributed by atoms with Crippen LogP contribution in [0.15, 0.2) is 21.2 Å². The highest BCUT2D eigenvalue weighted by Crippen LogP contribution is 2.42. The first-order valence-corrected chi connectivity index (χ1v) is 12.0. The van der Waals surface area contributed by atoms with E-state index in [9.17, 15) is 31.5 Å². The molecule has 16 heteroatoms. The molecule has 1 aromatic carbocycles. The number of oxazole rings is 1. The molecular formula is C23H22F6N6O4. The van der Waals surface area contributed by atoms with E-state index in [0.29, 0.717) is 0 Å². The van der Waals surface area contributed by atoms with Gasteiger partial charge < -0.3 is 20.0 Å². The van der Waals surface area contributed by atoms with Gasteiger partial charge in [0.05, 0.1) is 13.1 Å². The maximum atomic E-state index is 15.4. The van der Waals surface area contributed by atoms with E-state index in [0.717, 1.165) is 4.90 Å². The molecular weight excluding hydrogens is 538 g/mol. The number of carbonyl (C=O) groups excluding carboxylic acids is 2. The minimum absolute atomic E-state index is 0.0187. The molecule has 0 bridgehead atoms. The van der Waals surface area contributed by atoms with Crippen LogP contribution in [0.3, 0.4) is 0 Å². The smallest absolute Gasteiger partial charge is 0.410 e. The van der Waals surface area contributed by atoms with Crippen LogP contribution < -0.4 is 10.6 Å². The SMILES string of the molecule is Cc1nonc1C(=O)NC(c1nc2c(F)c(CN3CC(C(F)(F)F)NC3=O)ccc2o1)C1CCC(F)(F)CC1. The van der Waals surface area contributed by atoms with Crippen LogP contribution in [-0.2, 0) is 6.54 Å². The van der Waals surface area contributed by atoms with Crippen LogP contribution in [0.25, 0.3) is 11.1 Å². The molecule has 1 aliphatic carbocycles. The average Bonchev–Trinajstić information content (AvgIpc) is 3.58. The summed E-state index contributed by atoms with van der Waals surface area (Å²) in [6, 6.07) is -1.52. The fraction of sp³-hybridized carbons (Fsp3) is 0.522. The van der Waals surface area contributed by atoms with Crippen molar-refractivity contribution in [3.8, 4) is 0 Å². The van der Waals surface area contributed by atoms with Crippen molar-refractivity contribution in [1.82, 2.24) is 30.8 Å². The summed E-state index contributed by atoms with van der Waals surface area (Å²) in [6.07, 6.45) is -5.47. The number of rotatable bonds is 6. The molecule has 2 aromatic heterocycles. The van der Waals surface area contributed by atoms with Crippen LogP contribution in [0.1, 0.15) is 59.4 Å². The van der Waals surface area contributed by atoms with Gasteiger partial charge in [-0.3, -0.25) is 4.79 Å². The maximum Gasteiger partial charge on any atom is 0.410 e. The molecule has 1 aliphatic heterocycles.